The van der Waals surface area contributed by atoms with Crippen molar-refractivity contribution in [2.24, 2.45) is 0 Å². The van der Waals surface area contributed by atoms with Crippen molar-refractivity contribution in [2.45, 2.75) is 31.5 Å². The van der Waals surface area contributed by atoms with E-state index in [2.05, 4.69) is 21.1 Å². The maximum Gasteiger partial charge on any atom is 0.292 e. The van der Waals surface area contributed by atoms with Crippen LogP contribution in [0.3, 0.4) is 0 Å². The zero-order valence-corrected chi connectivity index (χ0v) is 14.1. The van der Waals surface area contributed by atoms with Crippen molar-refractivity contribution >= 4 is 5.91 Å². The van der Waals surface area contributed by atoms with Gasteiger partial charge in [0.2, 0.25) is 5.76 Å². The Morgan fingerprint density at radius 1 is 1.20 bits per heavy atom. The normalized spacial score (nSPS) is 24.6. The monoisotopic (exact) mass is 342 g/mol. The number of nitrogens with zero attached hydrogens (tertiary/aromatic N) is 4. The molecule has 2 atom stereocenters. The highest BCUT2D eigenvalue weighted by molar-refractivity contribution is 5.91. The number of pyridine rings is 1. The fourth-order valence-electron chi connectivity index (χ4n) is 3.77. The zero-order chi connectivity index (χ0) is 17.1. The smallest absolute Gasteiger partial charge is 0.292 e. The van der Waals surface area contributed by atoms with Crippen molar-refractivity contribution in [3.8, 4) is 0 Å². The Bertz CT molecular complexity index is 692. The summed E-state index contributed by atoms with van der Waals surface area (Å²) < 4.78 is 11.0. The molecule has 0 aromatic carbocycles. The van der Waals surface area contributed by atoms with Crippen LogP contribution in [0.25, 0.3) is 0 Å². The summed E-state index contributed by atoms with van der Waals surface area (Å²) in [5.41, 5.74) is 1.21. The summed E-state index contributed by atoms with van der Waals surface area (Å²) in [5, 5.41) is 3.63. The van der Waals surface area contributed by atoms with Crippen LogP contribution >= 0.6 is 0 Å². The van der Waals surface area contributed by atoms with Crippen LogP contribution in [0.5, 0.6) is 0 Å². The Labute approximate surface area is 146 Å². The molecule has 7 nitrogen and oxygen atoms in total. The lowest BCUT2D eigenvalue weighted by molar-refractivity contribution is -0.0747. The number of aromatic nitrogens is 2. The Balaban J connectivity index is 1.44. The molecule has 7 heteroatoms. The summed E-state index contributed by atoms with van der Waals surface area (Å²) >= 11 is 0. The van der Waals surface area contributed by atoms with Gasteiger partial charge in [-0.3, -0.25) is 14.7 Å². The predicted octanol–water partition coefficient (Wildman–Crippen LogP) is 1.58. The second-order valence-electron chi connectivity index (χ2n) is 6.55. The van der Waals surface area contributed by atoms with Gasteiger partial charge < -0.3 is 14.2 Å². The van der Waals surface area contributed by atoms with Gasteiger partial charge in [0.1, 0.15) is 0 Å². The minimum atomic E-state index is -0.0880. The van der Waals surface area contributed by atoms with Gasteiger partial charge in [0, 0.05) is 50.7 Å². The fourth-order valence-corrected chi connectivity index (χ4v) is 3.77. The van der Waals surface area contributed by atoms with Crippen molar-refractivity contribution in [2.75, 3.05) is 26.2 Å². The van der Waals surface area contributed by atoms with E-state index in [1.54, 1.807) is 12.3 Å². The topological polar surface area (TPSA) is 71.7 Å². The van der Waals surface area contributed by atoms with E-state index in [-0.39, 0.29) is 12.0 Å². The molecule has 4 rings (SSSR count). The van der Waals surface area contributed by atoms with Gasteiger partial charge in [0.05, 0.1) is 18.9 Å². The van der Waals surface area contributed by atoms with E-state index in [1.807, 2.05) is 17.2 Å². The van der Waals surface area contributed by atoms with Crippen LogP contribution in [-0.2, 0) is 11.3 Å². The largest absolute Gasteiger partial charge is 0.375 e. The minimum Gasteiger partial charge on any atom is -0.375 e. The van der Waals surface area contributed by atoms with Crippen molar-refractivity contribution in [1.29, 1.82) is 0 Å². The minimum absolute atomic E-state index is 0.0880. The molecule has 0 radical (unpaired) electrons. The molecule has 4 heterocycles. The van der Waals surface area contributed by atoms with Gasteiger partial charge in [-0.1, -0.05) is 11.2 Å². The molecule has 2 aliphatic heterocycles. The highest BCUT2D eigenvalue weighted by Gasteiger charge is 2.36. The molecule has 0 spiro atoms. The third-order valence-electron chi connectivity index (χ3n) is 5.03. The maximum atomic E-state index is 12.5. The summed E-state index contributed by atoms with van der Waals surface area (Å²) in [7, 11) is 0. The molecule has 0 saturated carbocycles. The second kappa shape index (κ2) is 7.33. The Kier molecular flexibility index (Phi) is 4.76. The molecular weight excluding hydrogens is 320 g/mol. The number of amides is 1. The number of carbonyl (C=O) groups is 1. The van der Waals surface area contributed by atoms with Gasteiger partial charge in [-0.25, -0.2) is 0 Å². The van der Waals surface area contributed by atoms with Crippen LogP contribution in [0.4, 0.5) is 0 Å². The molecule has 132 valence electrons. The van der Waals surface area contributed by atoms with Gasteiger partial charge in [-0.05, 0) is 24.5 Å². The van der Waals surface area contributed by atoms with Crippen LogP contribution in [0.15, 0.2) is 41.3 Å². The Morgan fingerprint density at radius 2 is 2.12 bits per heavy atom. The Morgan fingerprint density at radius 3 is 2.92 bits per heavy atom. The number of morpholine rings is 1. The molecule has 2 saturated heterocycles. The van der Waals surface area contributed by atoms with Crippen LogP contribution in [0.2, 0.25) is 0 Å². The van der Waals surface area contributed by atoms with Gasteiger partial charge in [-0.2, -0.15) is 0 Å². The lowest BCUT2D eigenvalue weighted by Crippen LogP contribution is -2.50. The van der Waals surface area contributed by atoms with Crippen LogP contribution in [-0.4, -0.2) is 64.2 Å². The first-order chi connectivity index (χ1) is 12.3. The fraction of sp³-hybridized carbons (Fsp3) is 0.500. The molecule has 2 aromatic heterocycles. The molecule has 0 unspecified atom stereocenters. The van der Waals surface area contributed by atoms with Crippen molar-refractivity contribution in [1.82, 2.24) is 19.9 Å². The first-order valence-corrected chi connectivity index (χ1v) is 8.76. The van der Waals surface area contributed by atoms with Crippen molar-refractivity contribution in [3.63, 3.8) is 0 Å². The van der Waals surface area contributed by atoms with E-state index >= 15 is 0 Å². The number of rotatable bonds is 3. The molecule has 0 bridgehead atoms. The number of fused-ring (bicyclic) bond motifs is 1. The summed E-state index contributed by atoms with van der Waals surface area (Å²) in [4.78, 5) is 21.0. The van der Waals surface area contributed by atoms with Crippen LogP contribution in [0.1, 0.15) is 29.0 Å². The maximum absolute atomic E-state index is 12.5. The van der Waals surface area contributed by atoms with Crippen molar-refractivity contribution in [3.05, 3.63) is 48.1 Å². The molecule has 2 fully saturated rings. The van der Waals surface area contributed by atoms with Gasteiger partial charge in [0.25, 0.3) is 5.91 Å². The summed E-state index contributed by atoms with van der Waals surface area (Å²) in [5.74, 6) is 0.216. The summed E-state index contributed by atoms with van der Waals surface area (Å²) in [6.07, 6.45) is 7.12. The first kappa shape index (κ1) is 16.2. The third kappa shape index (κ3) is 3.57. The number of ether oxygens (including phenoxy) is 1. The number of carbonyl (C=O) groups excluding carboxylic acids is 1. The molecule has 25 heavy (non-hydrogen) atoms. The molecule has 2 aromatic rings. The number of likely N-dealkylation sites (tertiary alicyclic amines) is 1. The van der Waals surface area contributed by atoms with Crippen LogP contribution < -0.4 is 0 Å². The van der Waals surface area contributed by atoms with E-state index in [0.717, 1.165) is 32.5 Å². The molecule has 0 N–H and O–H groups in total. The van der Waals surface area contributed by atoms with E-state index in [9.17, 15) is 4.79 Å². The van der Waals surface area contributed by atoms with Gasteiger partial charge in [-0.15, -0.1) is 0 Å². The van der Waals surface area contributed by atoms with E-state index < -0.39 is 0 Å². The standard InChI is InChI=1S/C18H22N4O3/c23-18(17-3-7-20-25-17)21-8-4-15-16(5-9-21)24-11-10-22(15)13-14-2-1-6-19-12-14/h1-3,6-7,12,15-16H,4-5,8-11,13H2/t15-,16+/m1/s1. The number of hydrogen-bond donors (Lipinski definition) is 0. The van der Waals surface area contributed by atoms with Gasteiger partial charge in [0.15, 0.2) is 0 Å². The number of hydrogen-bond acceptors (Lipinski definition) is 6. The van der Waals surface area contributed by atoms with Crippen LogP contribution in [0, 0.1) is 0 Å². The highest BCUT2D eigenvalue weighted by atomic mass is 16.5. The zero-order valence-electron chi connectivity index (χ0n) is 14.1. The lowest BCUT2D eigenvalue weighted by Gasteiger charge is -2.40. The summed E-state index contributed by atoms with van der Waals surface area (Å²) in [6.45, 7) is 3.90. The SMILES string of the molecule is O=C(c1ccno1)N1CC[C@@H]2OCCN(Cc3cccnc3)[C@@H]2CC1. The second-order valence-corrected chi connectivity index (χ2v) is 6.55. The van der Waals surface area contributed by atoms with Crippen molar-refractivity contribution < 1.29 is 14.1 Å². The molecule has 2 aliphatic rings. The van der Waals surface area contributed by atoms with E-state index in [0.29, 0.717) is 24.9 Å². The average Bonchev–Trinajstić information content (AvgIpc) is 3.09. The third-order valence-corrected chi connectivity index (χ3v) is 5.03. The molecular formula is C18H22N4O3. The quantitative estimate of drug-likeness (QED) is 0.843. The molecule has 1 amide bonds. The average molecular weight is 342 g/mol. The predicted molar refractivity (Wildman–Crippen MR) is 89.8 cm³/mol. The summed E-state index contributed by atoms with van der Waals surface area (Å²) in [6, 6.07) is 6.01. The van der Waals surface area contributed by atoms with E-state index in [4.69, 9.17) is 9.26 Å². The van der Waals surface area contributed by atoms with Gasteiger partial charge >= 0.3 is 0 Å². The first-order valence-electron chi connectivity index (χ1n) is 8.76. The van der Waals surface area contributed by atoms with E-state index in [1.165, 1.54) is 11.8 Å². The Hall–Kier alpha value is -2.25. The molecule has 0 aliphatic carbocycles. The lowest BCUT2D eigenvalue weighted by atomic mass is 10.0. The highest BCUT2D eigenvalue weighted by Crippen LogP contribution is 2.25.